The van der Waals surface area contributed by atoms with Crippen molar-refractivity contribution in [1.29, 1.82) is 0 Å². The van der Waals surface area contributed by atoms with E-state index >= 15 is 0 Å². The number of hydrogen-bond acceptors (Lipinski definition) is 2. The van der Waals surface area contributed by atoms with E-state index in [0.717, 1.165) is 12.3 Å². The van der Waals surface area contributed by atoms with Crippen molar-refractivity contribution >= 4 is 0 Å². The Morgan fingerprint density at radius 1 is 1.67 bits per heavy atom. The van der Waals surface area contributed by atoms with Gasteiger partial charge in [0.15, 0.2) is 0 Å². The molecule has 1 fully saturated rings. The van der Waals surface area contributed by atoms with Gasteiger partial charge in [0, 0.05) is 32.0 Å². The van der Waals surface area contributed by atoms with Crippen LogP contribution in [-0.4, -0.2) is 25.0 Å². The topological polar surface area (TPSA) is 15.3 Å². The van der Waals surface area contributed by atoms with E-state index in [0.29, 0.717) is 0 Å². The van der Waals surface area contributed by atoms with Crippen LogP contribution in [0.4, 0.5) is 0 Å². The zero-order chi connectivity index (χ0) is 8.97. The van der Waals surface area contributed by atoms with Gasteiger partial charge in [-0.25, -0.2) is 0 Å². The Balaban J connectivity index is 2.50. The first-order chi connectivity index (χ1) is 5.77. The molecule has 0 amide bonds. The van der Waals surface area contributed by atoms with Crippen molar-refractivity contribution in [1.82, 2.24) is 10.2 Å². The highest BCUT2D eigenvalue weighted by Gasteiger charge is 2.19. The maximum Gasteiger partial charge on any atom is 0.0289 e. The number of likely N-dealkylation sites (tertiary alicyclic amines) is 1. The molecule has 12 heavy (non-hydrogen) atoms. The molecule has 1 heterocycles. The van der Waals surface area contributed by atoms with Crippen molar-refractivity contribution in [3.63, 3.8) is 0 Å². The Bertz CT molecular complexity index is 163. The average Bonchev–Trinajstić information content (AvgIpc) is 2.47. The molecular weight excluding hydrogens is 148 g/mol. The Morgan fingerprint density at radius 3 is 2.83 bits per heavy atom. The summed E-state index contributed by atoms with van der Waals surface area (Å²) in [5.41, 5.74) is 1.45. The highest BCUT2D eigenvalue weighted by molar-refractivity contribution is 5.01. The van der Waals surface area contributed by atoms with Gasteiger partial charge in [0.1, 0.15) is 0 Å². The van der Waals surface area contributed by atoms with Crippen molar-refractivity contribution in [2.45, 2.75) is 26.7 Å². The first-order valence-electron chi connectivity index (χ1n) is 4.89. The predicted octanol–water partition coefficient (Wildman–Crippen LogP) is 1.80. The predicted molar refractivity (Wildman–Crippen MR) is 52.8 cm³/mol. The molecule has 1 rings (SSSR count). The number of rotatable bonds is 3. The summed E-state index contributed by atoms with van der Waals surface area (Å²) < 4.78 is 0. The van der Waals surface area contributed by atoms with E-state index in [9.17, 15) is 0 Å². The SMILES string of the molecule is CC/C(=C\NC)N1CCC(C)C1. The van der Waals surface area contributed by atoms with Crippen LogP contribution in [0, 0.1) is 5.92 Å². The Kier molecular flexibility index (Phi) is 3.45. The van der Waals surface area contributed by atoms with Gasteiger partial charge in [-0.15, -0.1) is 0 Å². The number of hydrogen-bond donors (Lipinski definition) is 1. The molecule has 0 aromatic heterocycles. The number of nitrogens with zero attached hydrogens (tertiary/aromatic N) is 1. The van der Waals surface area contributed by atoms with Gasteiger partial charge in [0.2, 0.25) is 0 Å². The second-order valence-electron chi connectivity index (χ2n) is 3.62. The molecule has 2 nitrogen and oxygen atoms in total. The molecule has 0 aliphatic carbocycles. The lowest BCUT2D eigenvalue weighted by Crippen LogP contribution is -2.20. The fourth-order valence-electron chi connectivity index (χ4n) is 1.78. The lowest BCUT2D eigenvalue weighted by Gasteiger charge is -2.20. The standard InChI is InChI=1S/C10H20N2/c1-4-10(7-11-3)12-6-5-9(2)8-12/h7,9,11H,4-6,8H2,1-3H3/b10-7+. The summed E-state index contributed by atoms with van der Waals surface area (Å²) in [6, 6.07) is 0. The molecule has 0 aromatic carbocycles. The maximum atomic E-state index is 3.11. The van der Waals surface area contributed by atoms with Crippen molar-refractivity contribution in [2.24, 2.45) is 5.92 Å². The van der Waals surface area contributed by atoms with E-state index in [1.165, 1.54) is 25.2 Å². The van der Waals surface area contributed by atoms with Crippen LogP contribution in [0.15, 0.2) is 11.9 Å². The zero-order valence-electron chi connectivity index (χ0n) is 8.43. The first kappa shape index (κ1) is 9.43. The molecule has 70 valence electrons. The molecule has 1 aliphatic rings. The maximum absolute atomic E-state index is 3.11. The van der Waals surface area contributed by atoms with Gasteiger partial charge in [0.05, 0.1) is 0 Å². The van der Waals surface area contributed by atoms with Crippen LogP contribution in [-0.2, 0) is 0 Å². The molecule has 0 saturated carbocycles. The number of nitrogens with one attached hydrogen (secondary N) is 1. The third kappa shape index (κ3) is 2.16. The molecular formula is C10H20N2. The van der Waals surface area contributed by atoms with Crippen LogP contribution in [0.5, 0.6) is 0 Å². The summed E-state index contributed by atoms with van der Waals surface area (Å²) in [6.07, 6.45) is 4.60. The van der Waals surface area contributed by atoms with Crippen molar-refractivity contribution < 1.29 is 0 Å². The van der Waals surface area contributed by atoms with Gasteiger partial charge in [-0.1, -0.05) is 13.8 Å². The molecule has 1 unspecified atom stereocenters. The lowest BCUT2D eigenvalue weighted by molar-refractivity contribution is 0.395. The van der Waals surface area contributed by atoms with E-state index in [2.05, 4.69) is 30.3 Å². The van der Waals surface area contributed by atoms with Crippen LogP contribution < -0.4 is 5.32 Å². The van der Waals surface area contributed by atoms with Crippen molar-refractivity contribution in [3.05, 3.63) is 11.9 Å². The summed E-state index contributed by atoms with van der Waals surface area (Å²) in [6.45, 7) is 7.02. The number of allylic oxidation sites excluding steroid dienone is 1. The highest BCUT2D eigenvalue weighted by atomic mass is 15.2. The second-order valence-corrected chi connectivity index (χ2v) is 3.62. The van der Waals surface area contributed by atoms with Gasteiger partial charge < -0.3 is 10.2 Å². The van der Waals surface area contributed by atoms with Crippen molar-refractivity contribution in [2.75, 3.05) is 20.1 Å². The average molecular weight is 168 g/mol. The van der Waals surface area contributed by atoms with Crippen molar-refractivity contribution in [3.8, 4) is 0 Å². The molecule has 0 radical (unpaired) electrons. The van der Waals surface area contributed by atoms with Crippen LogP contribution in [0.1, 0.15) is 26.7 Å². The third-order valence-corrected chi connectivity index (χ3v) is 2.50. The minimum absolute atomic E-state index is 0.872. The summed E-state index contributed by atoms with van der Waals surface area (Å²) in [5.74, 6) is 0.872. The minimum Gasteiger partial charge on any atom is -0.393 e. The quantitative estimate of drug-likeness (QED) is 0.691. The molecule has 0 aromatic rings. The fourth-order valence-corrected chi connectivity index (χ4v) is 1.78. The monoisotopic (exact) mass is 168 g/mol. The second kappa shape index (κ2) is 4.39. The van der Waals surface area contributed by atoms with Gasteiger partial charge >= 0.3 is 0 Å². The fraction of sp³-hybridized carbons (Fsp3) is 0.800. The summed E-state index contributed by atoms with van der Waals surface area (Å²) in [4.78, 5) is 2.49. The van der Waals surface area contributed by atoms with Gasteiger partial charge in [-0.3, -0.25) is 0 Å². The Hall–Kier alpha value is -0.660. The summed E-state index contributed by atoms with van der Waals surface area (Å²) in [7, 11) is 1.97. The minimum atomic E-state index is 0.872. The lowest BCUT2D eigenvalue weighted by atomic mass is 10.2. The molecule has 0 bridgehead atoms. The van der Waals surface area contributed by atoms with E-state index in [1.807, 2.05) is 7.05 Å². The molecule has 1 aliphatic heterocycles. The summed E-state index contributed by atoms with van der Waals surface area (Å²) >= 11 is 0. The van der Waals surface area contributed by atoms with Crippen LogP contribution >= 0.6 is 0 Å². The van der Waals surface area contributed by atoms with E-state index in [1.54, 1.807) is 0 Å². The van der Waals surface area contributed by atoms with Crippen LogP contribution in [0.25, 0.3) is 0 Å². The largest absolute Gasteiger partial charge is 0.393 e. The molecule has 1 atom stereocenters. The highest BCUT2D eigenvalue weighted by Crippen LogP contribution is 2.20. The third-order valence-electron chi connectivity index (χ3n) is 2.50. The first-order valence-corrected chi connectivity index (χ1v) is 4.89. The van der Waals surface area contributed by atoms with Gasteiger partial charge in [0.25, 0.3) is 0 Å². The summed E-state index contributed by atoms with van der Waals surface area (Å²) in [5, 5.41) is 3.11. The van der Waals surface area contributed by atoms with E-state index in [-0.39, 0.29) is 0 Å². The van der Waals surface area contributed by atoms with Gasteiger partial charge in [-0.05, 0) is 18.8 Å². The molecule has 1 saturated heterocycles. The Labute approximate surface area is 75.6 Å². The molecule has 1 N–H and O–H groups in total. The van der Waals surface area contributed by atoms with E-state index in [4.69, 9.17) is 0 Å². The van der Waals surface area contributed by atoms with Gasteiger partial charge in [-0.2, -0.15) is 0 Å². The molecule has 0 spiro atoms. The van der Waals surface area contributed by atoms with Crippen LogP contribution in [0.2, 0.25) is 0 Å². The normalized spacial score (nSPS) is 24.8. The molecule has 2 heteroatoms. The van der Waals surface area contributed by atoms with E-state index < -0.39 is 0 Å². The Morgan fingerprint density at radius 2 is 2.42 bits per heavy atom. The smallest absolute Gasteiger partial charge is 0.0289 e. The zero-order valence-corrected chi connectivity index (χ0v) is 8.43. The van der Waals surface area contributed by atoms with Crippen LogP contribution in [0.3, 0.4) is 0 Å².